The van der Waals surface area contributed by atoms with Gasteiger partial charge in [-0.3, -0.25) is 15.5 Å². The van der Waals surface area contributed by atoms with Crippen LogP contribution in [0.2, 0.25) is 0 Å². The summed E-state index contributed by atoms with van der Waals surface area (Å²) in [7, 11) is 0. The Morgan fingerprint density at radius 1 is 1.48 bits per heavy atom. The highest BCUT2D eigenvalue weighted by molar-refractivity contribution is 5.63. The predicted molar refractivity (Wildman–Crippen MR) is 77.9 cm³/mol. The number of hydrogen-bond donors (Lipinski definition) is 3. The molecule has 0 saturated heterocycles. The normalized spacial score (nSPS) is 15.2. The second kappa shape index (κ2) is 6.64. The highest BCUT2D eigenvalue weighted by Crippen LogP contribution is 2.34. The van der Waals surface area contributed by atoms with Gasteiger partial charge in [0.25, 0.3) is 0 Å². The standard InChI is InChI=1S/C12H20N6O3/c1-8-10(18(20)21)11(15-12(14-8)16-13)17(6-7-19)9-4-2-3-5-9/h9,19H,2-7,13H2,1H3,(H,14,15,16). The van der Waals surface area contributed by atoms with Gasteiger partial charge < -0.3 is 10.0 Å². The summed E-state index contributed by atoms with van der Waals surface area (Å²) in [6.45, 7) is 1.75. The number of aromatic nitrogens is 2. The van der Waals surface area contributed by atoms with Gasteiger partial charge in [-0.25, -0.2) is 10.8 Å². The van der Waals surface area contributed by atoms with Gasteiger partial charge >= 0.3 is 5.69 Å². The molecule has 116 valence electrons. The Morgan fingerprint density at radius 2 is 2.14 bits per heavy atom. The van der Waals surface area contributed by atoms with Crippen molar-refractivity contribution >= 4 is 17.5 Å². The number of nitro groups is 1. The summed E-state index contributed by atoms with van der Waals surface area (Å²) in [5, 5.41) is 20.6. The molecule has 1 aromatic heterocycles. The number of aliphatic hydroxyl groups is 1. The number of rotatable bonds is 6. The molecular weight excluding hydrogens is 276 g/mol. The van der Waals surface area contributed by atoms with Crippen molar-refractivity contribution in [3.05, 3.63) is 15.8 Å². The van der Waals surface area contributed by atoms with Gasteiger partial charge in [-0.2, -0.15) is 4.98 Å². The molecule has 0 aromatic carbocycles. The number of nitrogens with zero attached hydrogens (tertiary/aromatic N) is 4. The van der Waals surface area contributed by atoms with Crippen molar-refractivity contribution in [3.8, 4) is 0 Å². The molecule has 1 saturated carbocycles. The molecule has 0 amide bonds. The average Bonchev–Trinajstić information content (AvgIpc) is 2.97. The van der Waals surface area contributed by atoms with Gasteiger partial charge in [-0.15, -0.1) is 0 Å². The molecule has 2 rings (SSSR count). The molecule has 1 aromatic rings. The van der Waals surface area contributed by atoms with E-state index in [1.807, 2.05) is 0 Å². The van der Waals surface area contributed by atoms with E-state index in [9.17, 15) is 15.2 Å². The molecule has 4 N–H and O–H groups in total. The molecule has 0 atom stereocenters. The second-order valence-electron chi connectivity index (χ2n) is 5.06. The Hall–Kier alpha value is -2.00. The third-order valence-electron chi connectivity index (χ3n) is 3.73. The van der Waals surface area contributed by atoms with Gasteiger partial charge in [0.2, 0.25) is 11.8 Å². The first kappa shape index (κ1) is 15.4. The van der Waals surface area contributed by atoms with Gasteiger partial charge in [-0.1, -0.05) is 12.8 Å². The summed E-state index contributed by atoms with van der Waals surface area (Å²) in [4.78, 5) is 20.8. The number of aryl methyl sites for hydroxylation is 1. The van der Waals surface area contributed by atoms with Crippen LogP contribution < -0.4 is 16.2 Å². The van der Waals surface area contributed by atoms with Gasteiger partial charge in [0.15, 0.2) is 0 Å². The topological polar surface area (TPSA) is 130 Å². The Kier molecular flexibility index (Phi) is 4.86. The second-order valence-corrected chi connectivity index (χ2v) is 5.06. The molecule has 21 heavy (non-hydrogen) atoms. The molecule has 0 aliphatic heterocycles. The number of nitrogens with one attached hydrogen (secondary N) is 1. The van der Waals surface area contributed by atoms with Crippen LogP contribution in [0.15, 0.2) is 0 Å². The minimum atomic E-state index is -0.482. The maximum absolute atomic E-state index is 11.4. The van der Waals surface area contributed by atoms with Crippen LogP contribution in [0.25, 0.3) is 0 Å². The molecular formula is C12H20N6O3. The lowest BCUT2D eigenvalue weighted by Crippen LogP contribution is -2.37. The summed E-state index contributed by atoms with van der Waals surface area (Å²) in [5.41, 5.74) is 2.45. The van der Waals surface area contributed by atoms with E-state index in [4.69, 9.17) is 5.84 Å². The van der Waals surface area contributed by atoms with Crippen LogP contribution in [0.3, 0.4) is 0 Å². The van der Waals surface area contributed by atoms with Crippen LogP contribution in [0.4, 0.5) is 17.5 Å². The van der Waals surface area contributed by atoms with Crippen molar-refractivity contribution < 1.29 is 10.0 Å². The zero-order valence-corrected chi connectivity index (χ0v) is 11.9. The number of anilines is 2. The first-order chi connectivity index (χ1) is 10.1. The third kappa shape index (κ3) is 3.19. The molecule has 0 radical (unpaired) electrons. The summed E-state index contributed by atoms with van der Waals surface area (Å²) < 4.78 is 0. The van der Waals surface area contributed by atoms with Crippen molar-refractivity contribution in [1.82, 2.24) is 9.97 Å². The quantitative estimate of drug-likeness (QED) is 0.397. The molecule has 1 aliphatic rings. The lowest BCUT2D eigenvalue weighted by molar-refractivity contribution is -0.385. The van der Waals surface area contributed by atoms with Gasteiger partial charge in [0, 0.05) is 12.6 Å². The molecule has 0 unspecified atom stereocenters. The minimum absolute atomic E-state index is 0.0951. The Labute approximate surface area is 122 Å². The number of nitrogens with two attached hydrogens (primary N) is 1. The molecule has 1 fully saturated rings. The summed E-state index contributed by atoms with van der Waals surface area (Å²) in [5.74, 6) is 5.69. The average molecular weight is 296 g/mol. The van der Waals surface area contributed by atoms with E-state index < -0.39 is 4.92 Å². The first-order valence-electron chi connectivity index (χ1n) is 6.95. The van der Waals surface area contributed by atoms with E-state index >= 15 is 0 Å². The van der Waals surface area contributed by atoms with Crippen LogP contribution in [0, 0.1) is 17.0 Å². The summed E-state index contributed by atoms with van der Waals surface area (Å²) >= 11 is 0. The first-order valence-corrected chi connectivity index (χ1v) is 6.95. The van der Waals surface area contributed by atoms with Crippen LogP contribution in [-0.4, -0.2) is 39.2 Å². The number of hydrazine groups is 1. The molecule has 0 spiro atoms. The fourth-order valence-corrected chi connectivity index (χ4v) is 2.82. The lowest BCUT2D eigenvalue weighted by atomic mass is 10.2. The van der Waals surface area contributed by atoms with Crippen LogP contribution >= 0.6 is 0 Å². The zero-order valence-electron chi connectivity index (χ0n) is 11.9. The maximum Gasteiger partial charge on any atom is 0.332 e. The van der Waals surface area contributed by atoms with E-state index in [0.29, 0.717) is 6.54 Å². The molecule has 9 heteroatoms. The number of aliphatic hydroxyl groups excluding tert-OH is 1. The number of nitrogen functional groups attached to an aromatic ring is 1. The monoisotopic (exact) mass is 296 g/mol. The van der Waals surface area contributed by atoms with Gasteiger partial charge in [0.05, 0.1) is 11.5 Å². The highest BCUT2D eigenvalue weighted by Gasteiger charge is 2.31. The third-order valence-corrected chi connectivity index (χ3v) is 3.73. The van der Waals surface area contributed by atoms with Crippen molar-refractivity contribution in [2.24, 2.45) is 5.84 Å². The van der Waals surface area contributed by atoms with Crippen LogP contribution in [0.1, 0.15) is 31.4 Å². The van der Waals surface area contributed by atoms with Gasteiger partial charge in [-0.05, 0) is 19.8 Å². The van der Waals surface area contributed by atoms with Crippen molar-refractivity contribution in [2.75, 3.05) is 23.5 Å². The molecule has 9 nitrogen and oxygen atoms in total. The van der Waals surface area contributed by atoms with E-state index in [1.165, 1.54) is 0 Å². The summed E-state index contributed by atoms with van der Waals surface area (Å²) in [6, 6.07) is 0.149. The van der Waals surface area contributed by atoms with Crippen molar-refractivity contribution in [1.29, 1.82) is 0 Å². The fraction of sp³-hybridized carbons (Fsp3) is 0.667. The Bertz CT molecular complexity index is 518. The van der Waals surface area contributed by atoms with E-state index in [0.717, 1.165) is 25.7 Å². The highest BCUT2D eigenvalue weighted by atomic mass is 16.6. The largest absolute Gasteiger partial charge is 0.395 e. The molecule has 1 heterocycles. The van der Waals surface area contributed by atoms with E-state index in [1.54, 1.807) is 11.8 Å². The zero-order chi connectivity index (χ0) is 15.4. The maximum atomic E-state index is 11.4. The Morgan fingerprint density at radius 3 is 2.67 bits per heavy atom. The molecule has 1 aliphatic carbocycles. The molecule has 0 bridgehead atoms. The predicted octanol–water partition coefficient (Wildman–Crippen LogP) is 0.720. The van der Waals surface area contributed by atoms with Crippen molar-refractivity contribution in [3.63, 3.8) is 0 Å². The van der Waals surface area contributed by atoms with E-state index in [-0.39, 0.29) is 35.8 Å². The minimum Gasteiger partial charge on any atom is -0.395 e. The van der Waals surface area contributed by atoms with Crippen LogP contribution in [-0.2, 0) is 0 Å². The van der Waals surface area contributed by atoms with Crippen molar-refractivity contribution in [2.45, 2.75) is 38.6 Å². The SMILES string of the molecule is Cc1nc(NN)nc(N(CCO)C2CCCC2)c1[N+](=O)[O-]. The van der Waals surface area contributed by atoms with E-state index in [2.05, 4.69) is 15.4 Å². The van der Waals surface area contributed by atoms with Gasteiger partial charge in [0.1, 0.15) is 5.69 Å². The van der Waals surface area contributed by atoms with Crippen LogP contribution in [0.5, 0.6) is 0 Å². The Balaban J connectivity index is 2.50. The fourth-order valence-electron chi connectivity index (χ4n) is 2.82. The summed E-state index contributed by atoms with van der Waals surface area (Å²) in [6.07, 6.45) is 4.02. The lowest BCUT2D eigenvalue weighted by Gasteiger charge is -2.29. The smallest absolute Gasteiger partial charge is 0.332 e. The number of hydrogen-bond acceptors (Lipinski definition) is 8.